The normalized spacial score (nSPS) is 12.6. The number of carbonyl (C=O) groups excluding carboxylic acids is 1. The predicted octanol–water partition coefficient (Wildman–Crippen LogP) is 5.43. The van der Waals surface area contributed by atoms with Crippen molar-refractivity contribution < 1.29 is 18.7 Å². The van der Waals surface area contributed by atoms with E-state index in [0.717, 1.165) is 11.4 Å². The third kappa shape index (κ3) is 4.89. The van der Waals surface area contributed by atoms with Gasteiger partial charge in [-0.05, 0) is 61.5 Å². The van der Waals surface area contributed by atoms with Crippen molar-refractivity contribution in [2.45, 2.75) is 39.2 Å². The van der Waals surface area contributed by atoms with Gasteiger partial charge in [-0.2, -0.15) is 0 Å². The molecule has 3 rings (SSSR count). The van der Waals surface area contributed by atoms with Crippen molar-refractivity contribution in [2.75, 3.05) is 0 Å². The number of imidazole rings is 1. The van der Waals surface area contributed by atoms with Crippen molar-refractivity contribution in [3.63, 3.8) is 0 Å². The van der Waals surface area contributed by atoms with E-state index in [-0.39, 0.29) is 29.8 Å². The molecule has 0 aliphatic carbocycles. The minimum absolute atomic E-state index is 0.0128. The standard InChI is InChI=1S/C24H24F2N2O2/c1-15(2)24-27-22(17-4-8-19(25)9-5-17)23(18-6-10-20(26)11-7-18)28(24)13-12-21(30)14-16(3)29/h4-13,15,21,30H,14H2,1-3H3/b13-12+. The topological polar surface area (TPSA) is 55.1 Å². The second-order valence-corrected chi connectivity index (χ2v) is 7.52. The molecule has 0 saturated heterocycles. The van der Waals surface area contributed by atoms with Crippen molar-refractivity contribution in [3.05, 3.63) is 72.1 Å². The smallest absolute Gasteiger partial charge is 0.132 e. The first-order valence-corrected chi connectivity index (χ1v) is 9.76. The highest BCUT2D eigenvalue weighted by Gasteiger charge is 2.21. The van der Waals surface area contributed by atoms with E-state index in [0.29, 0.717) is 17.0 Å². The summed E-state index contributed by atoms with van der Waals surface area (Å²) in [7, 11) is 0. The van der Waals surface area contributed by atoms with Crippen LogP contribution in [0.15, 0.2) is 54.6 Å². The number of aliphatic hydroxyl groups is 1. The Hall–Kier alpha value is -3.12. The van der Waals surface area contributed by atoms with Crippen LogP contribution in [-0.4, -0.2) is 26.5 Å². The molecule has 1 N–H and O–H groups in total. The number of aliphatic hydroxyl groups excluding tert-OH is 1. The molecular weight excluding hydrogens is 386 g/mol. The Morgan fingerprint density at radius 2 is 1.57 bits per heavy atom. The fourth-order valence-corrected chi connectivity index (χ4v) is 3.25. The van der Waals surface area contributed by atoms with Crippen LogP contribution < -0.4 is 0 Å². The number of aromatic nitrogens is 2. The number of ketones is 1. The third-order valence-corrected chi connectivity index (χ3v) is 4.64. The number of hydrogen-bond donors (Lipinski definition) is 1. The van der Waals surface area contributed by atoms with Gasteiger partial charge in [0.1, 0.15) is 23.2 Å². The molecule has 6 heteroatoms. The third-order valence-electron chi connectivity index (χ3n) is 4.64. The minimum Gasteiger partial charge on any atom is -0.389 e. The van der Waals surface area contributed by atoms with Gasteiger partial charge in [-0.1, -0.05) is 13.8 Å². The maximum Gasteiger partial charge on any atom is 0.132 e. The summed E-state index contributed by atoms with van der Waals surface area (Å²) in [5, 5.41) is 10.1. The van der Waals surface area contributed by atoms with Crippen molar-refractivity contribution in [1.82, 2.24) is 9.55 Å². The predicted molar refractivity (Wildman–Crippen MR) is 114 cm³/mol. The van der Waals surface area contributed by atoms with Gasteiger partial charge in [-0.3, -0.25) is 4.79 Å². The zero-order chi connectivity index (χ0) is 21.8. The molecule has 0 amide bonds. The van der Waals surface area contributed by atoms with E-state index >= 15 is 0 Å². The molecule has 1 aromatic heterocycles. The van der Waals surface area contributed by atoms with Gasteiger partial charge in [0.05, 0.1) is 17.5 Å². The molecule has 0 aliphatic heterocycles. The van der Waals surface area contributed by atoms with E-state index in [2.05, 4.69) is 0 Å². The van der Waals surface area contributed by atoms with Gasteiger partial charge in [0.25, 0.3) is 0 Å². The summed E-state index contributed by atoms with van der Waals surface area (Å²) in [6.07, 6.45) is 2.30. The van der Waals surface area contributed by atoms with Crippen LogP contribution in [0.5, 0.6) is 0 Å². The summed E-state index contributed by atoms with van der Waals surface area (Å²) >= 11 is 0. The van der Waals surface area contributed by atoms with Crippen LogP contribution in [0.1, 0.15) is 38.9 Å². The van der Waals surface area contributed by atoms with Crippen molar-refractivity contribution in [1.29, 1.82) is 0 Å². The number of carbonyl (C=O) groups is 1. The quantitative estimate of drug-likeness (QED) is 0.565. The molecule has 4 nitrogen and oxygen atoms in total. The second-order valence-electron chi connectivity index (χ2n) is 7.52. The highest BCUT2D eigenvalue weighted by molar-refractivity contribution is 5.81. The van der Waals surface area contributed by atoms with Crippen LogP contribution in [0.4, 0.5) is 8.78 Å². The van der Waals surface area contributed by atoms with E-state index in [1.165, 1.54) is 37.3 Å². The summed E-state index contributed by atoms with van der Waals surface area (Å²) < 4.78 is 28.8. The molecule has 0 bridgehead atoms. The van der Waals surface area contributed by atoms with Gasteiger partial charge < -0.3 is 9.67 Å². The van der Waals surface area contributed by atoms with Gasteiger partial charge in [0.2, 0.25) is 0 Å². The highest BCUT2D eigenvalue weighted by atomic mass is 19.1. The van der Waals surface area contributed by atoms with Gasteiger partial charge in [0.15, 0.2) is 0 Å². The number of nitrogens with zero attached hydrogens (tertiary/aromatic N) is 2. The van der Waals surface area contributed by atoms with Crippen LogP contribution in [0.3, 0.4) is 0 Å². The fraction of sp³-hybridized carbons (Fsp3) is 0.250. The Balaban J connectivity index is 2.22. The molecule has 0 saturated carbocycles. The largest absolute Gasteiger partial charge is 0.389 e. The first kappa shape index (κ1) is 21.6. The van der Waals surface area contributed by atoms with Gasteiger partial charge in [0, 0.05) is 29.7 Å². The Kier molecular flexibility index (Phi) is 6.57. The molecule has 156 valence electrons. The van der Waals surface area contributed by atoms with Crippen molar-refractivity contribution in [3.8, 4) is 22.5 Å². The second kappa shape index (κ2) is 9.13. The van der Waals surface area contributed by atoms with Crippen LogP contribution in [-0.2, 0) is 4.79 Å². The average molecular weight is 410 g/mol. The lowest BCUT2D eigenvalue weighted by molar-refractivity contribution is -0.118. The van der Waals surface area contributed by atoms with E-state index < -0.39 is 6.10 Å². The first-order valence-electron chi connectivity index (χ1n) is 9.76. The van der Waals surface area contributed by atoms with Crippen molar-refractivity contribution >= 4 is 12.0 Å². The molecule has 2 aromatic carbocycles. The molecule has 0 spiro atoms. The molecule has 30 heavy (non-hydrogen) atoms. The van der Waals surface area contributed by atoms with Crippen LogP contribution >= 0.6 is 0 Å². The van der Waals surface area contributed by atoms with E-state index in [4.69, 9.17) is 4.98 Å². The highest BCUT2D eigenvalue weighted by Crippen LogP contribution is 2.35. The van der Waals surface area contributed by atoms with Crippen LogP contribution in [0, 0.1) is 11.6 Å². The van der Waals surface area contributed by atoms with E-state index in [1.807, 2.05) is 18.4 Å². The summed E-state index contributed by atoms with van der Waals surface area (Å²) in [6.45, 7) is 5.40. The lowest BCUT2D eigenvalue weighted by Gasteiger charge is -2.12. The SMILES string of the molecule is CC(=O)CC(O)/C=C/n1c(C(C)C)nc(-c2ccc(F)cc2)c1-c1ccc(F)cc1. The summed E-state index contributed by atoms with van der Waals surface area (Å²) in [5.74, 6) is -0.0666. The number of halogens is 2. The summed E-state index contributed by atoms with van der Waals surface area (Å²) in [6, 6.07) is 12.1. The summed E-state index contributed by atoms with van der Waals surface area (Å²) in [4.78, 5) is 16.1. The minimum atomic E-state index is -0.930. The van der Waals surface area contributed by atoms with Gasteiger partial charge in [-0.15, -0.1) is 0 Å². The molecular formula is C24H24F2N2O2. The van der Waals surface area contributed by atoms with E-state index in [9.17, 15) is 18.7 Å². The number of Topliss-reactive ketones (excluding diaryl/α,β-unsaturated/α-hetero) is 1. The zero-order valence-electron chi connectivity index (χ0n) is 17.1. The number of rotatable bonds is 7. The zero-order valence-corrected chi connectivity index (χ0v) is 17.1. The summed E-state index contributed by atoms with van der Waals surface area (Å²) in [5.41, 5.74) is 2.75. The lowest BCUT2D eigenvalue weighted by atomic mass is 10.0. The van der Waals surface area contributed by atoms with Gasteiger partial charge in [-0.25, -0.2) is 13.8 Å². The fourth-order valence-electron chi connectivity index (χ4n) is 3.25. The monoisotopic (exact) mass is 410 g/mol. The molecule has 0 fully saturated rings. The maximum absolute atomic E-state index is 13.5. The van der Waals surface area contributed by atoms with Crippen LogP contribution in [0.25, 0.3) is 28.7 Å². The Bertz CT molecular complexity index is 1050. The molecule has 0 radical (unpaired) electrons. The Labute approximate surface area is 174 Å². The molecule has 1 atom stereocenters. The van der Waals surface area contributed by atoms with Crippen molar-refractivity contribution in [2.24, 2.45) is 0 Å². The maximum atomic E-state index is 13.5. The van der Waals surface area contributed by atoms with Gasteiger partial charge >= 0.3 is 0 Å². The first-order chi connectivity index (χ1) is 14.3. The number of benzene rings is 2. The van der Waals surface area contributed by atoms with Crippen LogP contribution in [0.2, 0.25) is 0 Å². The van der Waals surface area contributed by atoms with E-state index in [1.54, 1.807) is 30.5 Å². The molecule has 3 aromatic rings. The molecule has 1 unspecified atom stereocenters. The Morgan fingerprint density at radius 3 is 2.07 bits per heavy atom. The Morgan fingerprint density at radius 1 is 1.03 bits per heavy atom. The molecule has 0 aliphatic rings. The average Bonchev–Trinajstić information content (AvgIpc) is 3.07. The lowest BCUT2D eigenvalue weighted by Crippen LogP contribution is -2.09. The number of hydrogen-bond acceptors (Lipinski definition) is 3. The molecule has 1 heterocycles.